The second-order valence-electron chi connectivity index (χ2n) is 5.24. The Morgan fingerprint density at radius 1 is 1.48 bits per heavy atom. The van der Waals surface area contributed by atoms with Gasteiger partial charge in [0.05, 0.1) is 10.7 Å². The molecule has 21 heavy (non-hydrogen) atoms. The molecule has 0 spiro atoms. The molecule has 0 aromatic heterocycles. The molecular formula is C14H15BrClFN2O2. The molecule has 2 unspecified atom stereocenters. The third-order valence-electron chi connectivity index (χ3n) is 3.79. The van der Waals surface area contributed by atoms with E-state index in [-0.39, 0.29) is 16.8 Å². The van der Waals surface area contributed by atoms with E-state index < -0.39 is 17.4 Å². The Kier molecular flexibility index (Phi) is 4.31. The molecule has 1 aromatic rings. The summed E-state index contributed by atoms with van der Waals surface area (Å²) in [7, 11) is 0. The van der Waals surface area contributed by atoms with E-state index in [1.807, 2.05) is 6.92 Å². The minimum Gasteiger partial charge on any atom is -0.340 e. The largest absolute Gasteiger partial charge is 0.340 e. The van der Waals surface area contributed by atoms with Crippen molar-refractivity contribution in [3.63, 3.8) is 0 Å². The fraction of sp³-hybridized carbons (Fsp3) is 0.429. The maximum absolute atomic E-state index is 13.4. The van der Waals surface area contributed by atoms with Crippen LogP contribution in [-0.4, -0.2) is 23.4 Å². The number of carbonyl (C=O) groups is 2. The predicted molar refractivity (Wildman–Crippen MR) is 82.9 cm³/mol. The van der Waals surface area contributed by atoms with Crippen LogP contribution in [0.5, 0.6) is 0 Å². The molecule has 7 heteroatoms. The van der Waals surface area contributed by atoms with Gasteiger partial charge in [0.1, 0.15) is 17.4 Å². The summed E-state index contributed by atoms with van der Waals surface area (Å²) in [5.41, 5.74) is -0.689. The number of carbonyl (C=O) groups excluding carboxylic acids is 2. The van der Waals surface area contributed by atoms with Crippen LogP contribution >= 0.6 is 27.5 Å². The molecule has 1 aliphatic heterocycles. The van der Waals surface area contributed by atoms with Gasteiger partial charge in [0.2, 0.25) is 5.91 Å². The fourth-order valence-corrected chi connectivity index (χ4v) is 3.32. The number of nitrogens with one attached hydrogen (secondary N) is 1. The normalized spacial score (nSPS) is 26.0. The third kappa shape index (κ3) is 2.66. The zero-order valence-electron chi connectivity index (χ0n) is 11.8. The van der Waals surface area contributed by atoms with E-state index in [0.29, 0.717) is 16.6 Å². The molecule has 2 amide bonds. The number of hydrogen-bond donors (Lipinski definition) is 1. The van der Waals surface area contributed by atoms with Gasteiger partial charge in [-0.1, -0.05) is 18.5 Å². The summed E-state index contributed by atoms with van der Waals surface area (Å²) in [5, 5.41) is 2.81. The second kappa shape index (κ2) is 5.57. The van der Waals surface area contributed by atoms with Gasteiger partial charge in [-0.3, -0.25) is 14.5 Å². The first-order chi connectivity index (χ1) is 9.71. The smallest absolute Gasteiger partial charge is 0.253 e. The van der Waals surface area contributed by atoms with Crippen molar-refractivity contribution in [1.82, 2.24) is 5.32 Å². The Morgan fingerprint density at radius 2 is 2.10 bits per heavy atom. The zero-order chi connectivity index (χ0) is 15.9. The van der Waals surface area contributed by atoms with Gasteiger partial charge < -0.3 is 5.32 Å². The van der Waals surface area contributed by atoms with E-state index in [1.54, 1.807) is 13.8 Å². The van der Waals surface area contributed by atoms with Gasteiger partial charge in [0, 0.05) is 4.47 Å². The van der Waals surface area contributed by atoms with Crippen LogP contribution in [0.3, 0.4) is 0 Å². The monoisotopic (exact) mass is 376 g/mol. The van der Waals surface area contributed by atoms with Crippen molar-refractivity contribution in [3.05, 3.63) is 27.4 Å². The van der Waals surface area contributed by atoms with Crippen molar-refractivity contribution in [2.24, 2.45) is 0 Å². The lowest BCUT2D eigenvalue weighted by Gasteiger charge is -2.43. The van der Waals surface area contributed by atoms with Gasteiger partial charge in [-0.25, -0.2) is 4.39 Å². The molecule has 0 radical (unpaired) electrons. The SMILES string of the molecule is CCC1(C)NC(=O)C(C)N(c2c(Cl)cc(F)cc2Br)C1=O. The molecule has 0 aliphatic carbocycles. The van der Waals surface area contributed by atoms with Crippen LogP contribution in [0.2, 0.25) is 5.02 Å². The lowest BCUT2D eigenvalue weighted by molar-refractivity contribution is -0.137. The molecule has 2 rings (SSSR count). The third-order valence-corrected chi connectivity index (χ3v) is 4.68. The van der Waals surface area contributed by atoms with Gasteiger partial charge in [-0.2, -0.15) is 0 Å². The first-order valence-electron chi connectivity index (χ1n) is 6.51. The lowest BCUT2D eigenvalue weighted by Crippen LogP contribution is -2.68. The quantitative estimate of drug-likeness (QED) is 0.860. The molecule has 1 aliphatic rings. The van der Waals surface area contributed by atoms with E-state index in [9.17, 15) is 14.0 Å². The zero-order valence-corrected chi connectivity index (χ0v) is 14.2. The van der Waals surface area contributed by atoms with Crippen LogP contribution in [0.15, 0.2) is 16.6 Å². The second-order valence-corrected chi connectivity index (χ2v) is 6.51. The Morgan fingerprint density at radius 3 is 2.62 bits per heavy atom. The van der Waals surface area contributed by atoms with Crippen LogP contribution in [0, 0.1) is 5.82 Å². The van der Waals surface area contributed by atoms with Gasteiger partial charge in [-0.05, 0) is 48.3 Å². The summed E-state index contributed by atoms with van der Waals surface area (Å²) in [6, 6.07) is 1.62. The maximum Gasteiger partial charge on any atom is 0.253 e. The van der Waals surface area contributed by atoms with E-state index in [2.05, 4.69) is 21.2 Å². The van der Waals surface area contributed by atoms with Crippen molar-refractivity contribution in [2.45, 2.75) is 38.8 Å². The first kappa shape index (κ1) is 16.2. The molecule has 1 aromatic carbocycles. The number of hydrogen-bond acceptors (Lipinski definition) is 2. The van der Waals surface area contributed by atoms with Crippen LogP contribution in [0.4, 0.5) is 10.1 Å². The highest BCUT2D eigenvalue weighted by atomic mass is 79.9. The van der Waals surface area contributed by atoms with Gasteiger partial charge in [0.25, 0.3) is 5.91 Å². The predicted octanol–water partition coefficient (Wildman–Crippen LogP) is 3.26. The molecule has 114 valence electrons. The van der Waals surface area contributed by atoms with E-state index in [4.69, 9.17) is 11.6 Å². The average Bonchev–Trinajstić information content (AvgIpc) is 2.39. The topological polar surface area (TPSA) is 49.4 Å². The Labute approximate surface area is 135 Å². The van der Waals surface area contributed by atoms with Crippen LogP contribution in [-0.2, 0) is 9.59 Å². The number of nitrogens with zero attached hydrogens (tertiary/aromatic N) is 1. The van der Waals surface area contributed by atoms with E-state index >= 15 is 0 Å². The molecule has 1 saturated heterocycles. The fourth-order valence-electron chi connectivity index (χ4n) is 2.29. The minimum atomic E-state index is -0.999. The number of halogens is 3. The Balaban J connectivity index is 2.60. The number of benzene rings is 1. The average molecular weight is 378 g/mol. The maximum atomic E-state index is 13.4. The summed E-state index contributed by atoms with van der Waals surface area (Å²) in [4.78, 5) is 26.2. The summed E-state index contributed by atoms with van der Waals surface area (Å²) < 4.78 is 13.7. The van der Waals surface area contributed by atoms with Gasteiger partial charge >= 0.3 is 0 Å². The summed E-state index contributed by atoms with van der Waals surface area (Å²) in [6.07, 6.45) is 0.442. The van der Waals surface area contributed by atoms with Crippen molar-refractivity contribution in [3.8, 4) is 0 Å². The highest BCUT2D eigenvalue weighted by Crippen LogP contribution is 2.38. The molecule has 4 nitrogen and oxygen atoms in total. The Bertz CT molecular complexity index is 602. The summed E-state index contributed by atoms with van der Waals surface area (Å²) in [6.45, 7) is 5.08. The molecular weight excluding hydrogens is 363 g/mol. The van der Waals surface area contributed by atoms with Crippen LogP contribution in [0.25, 0.3) is 0 Å². The standard InChI is InChI=1S/C14H15BrClFN2O2/c1-4-14(3)13(21)19(7(2)12(20)18-14)11-9(15)5-8(17)6-10(11)16/h5-7H,4H2,1-3H3,(H,18,20). The summed E-state index contributed by atoms with van der Waals surface area (Å²) in [5.74, 6) is -1.06. The summed E-state index contributed by atoms with van der Waals surface area (Å²) >= 11 is 9.30. The number of piperazine rings is 1. The molecule has 1 fully saturated rings. The highest BCUT2D eigenvalue weighted by molar-refractivity contribution is 9.10. The lowest BCUT2D eigenvalue weighted by atomic mass is 9.91. The molecule has 0 bridgehead atoms. The minimum absolute atomic E-state index is 0.0789. The number of amides is 2. The van der Waals surface area contributed by atoms with Crippen molar-refractivity contribution in [1.29, 1.82) is 0 Å². The molecule has 0 saturated carbocycles. The van der Waals surface area contributed by atoms with Crippen molar-refractivity contribution >= 4 is 45.0 Å². The molecule has 1 N–H and O–H groups in total. The molecule has 2 atom stereocenters. The van der Waals surface area contributed by atoms with E-state index in [1.165, 1.54) is 11.0 Å². The van der Waals surface area contributed by atoms with Crippen LogP contribution < -0.4 is 10.2 Å². The van der Waals surface area contributed by atoms with Crippen LogP contribution in [0.1, 0.15) is 27.2 Å². The highest BCUT2D eigenvalue weighted by Gasteiger charge is 2.47. The van der Waals surface area contributed by atoms with Crippen molar-refractivity contribution < 1.29 is 14.0 Å². The number of rotatable bonds is 2. The Hall–Kier alpha value is -1.14. The van der Waals surface area contributed by atoms with Gasteiger partial charge in [0.15, 0.2) is 0 Å². The first-order valence-corrected chi connectivity index (χ1v) is 7.68. The van der Waals surface area contributed by atoms with Crippen molar-refractivity contribution in [2.75, 3.05) is 4.90 Å². The van der Waals surface area contributed by atoms with Gasteiger partial charge in [-0.15, -0.1) is 0 Å². The number of anilines is 1. The molecule has 1 heterocycles. The van der Waals surface area contributed by atoms with E-state index in [0.717, 1.165) is 6.07 Å².